The summed E-state index contributed by atoms with van der Waals surface area (Å²) in [6, 6.07) is 12.8. The molecule has 1 N–H and O–H groups in total. The Morgan fingerprint density at radius 2 is 2.00 bits per heavy atom. The second-order valence-electron chi connectivity index (χ2n) is 5.53. The Bertz CT molecular complexity index is 1090. The highest BCUT2D eigenvalue weighted by Crippen LogP contribution is 2.30. The Morgan fingerprint density at radius 1 is 1.15 bits per heavy atom. The van der Waals surface area contributed by atoms with Crippen LogP contribution in [-0.4, -0.2) is 20.4 Å². The van der Waals surface area contributed by atoms with E-state index in [0.29, 0.717) is 21.6 Å². The first-order chi connectivity index (χ1) is 12.6. The van der Waals surface area contributed by atoms with Gasteiger partial charge in [-0.05, 0) is 24.3 Å². The number of nitrogens with one attached hydrogen (secondary N) is 1. The van der Waals surface area contributed by atoms with Gasteiger partial charge in [0.1, 0.15) is 6.54 Å². The number of imidazole rings is 1. The zero-order chi connectivity index (χ0) is 18.1. The van der Waals surface area contributed by atoms with Gasteiger partial charge < -0.3 is 9.88 Å². The van der Waals surface area contributed by atoms with E-state index in [1.807, 2.05) is 28.8 Å². The molecule has 130 valence electrons. The van der Waals surface area contributed by atoms with Gasteiger partial charge in [-0.15, -0.1) is 11.3 Å². The van der Waals surface area contributed by atoms with Crippen LogP contribution in [0.25, 0.3) is 21.7 Å². The molecule has 0 aliphatic heterocycles. The standard InChI is InChI=1S/C18H12Cl2N4OS/c19-11-4-3-6-13(17(11)20)22-16(25)9-24-14-7-2-1-5-12(14)23-18(24)15-8-21-10-26-15/h1-8,10H,9H2,(H,22,25). The normalized spacial score (nSPS) is 11.0. The van der Waals surface area contributed by atoms with Crippen molar-refractivity contribution in [3.63, 3.8) is 0 Å². The van der Waals surface area contributed by atoms with Gasteiger partial charge in [0.2, 0.25) is 5.91 Å². The third-order valence-electron chi connectivity index (χ3n) is 3.83. The minimum absolute atomic E-state index is 0.0938. The molecule has 5 nitrogen and oxygen atoms in total. The van der Waals surface area contributed by atoms with Gasteiger partial charge in [0, 0.05) is 6.20 Å². The van der Waals surface area contributed by atoms with E-state index in [-0.39, 0.29) is 12.5 Å². The summed E-state index contributed by atoms with van der Waals surface area (Å²) in [6.45, 7) is 0.0938. The van der Waals surface area contributed by atoms with Crippen LogP contribution in [0.1, 0.15) is 0 Å². The third-order valence-corrected chi connectivity index (χ3v) is 5.42. The van der Waals surface area contributed by atoms with Crippen LogP contribution in [0.5, 0.6) is 0 Å². The van der Waals surface area contributed by atoms with E-state index in [4.69, 9.17) is 23.2 Å². The molecule has 0 aliphatic carbocycles. The molecular formula is C18H12Cl2N4OS. The van der Waals surface area contributed by atoms with E-state index in [1.165, 1.54) is 11.3 Å². The Morgan fingerprint density at radius 3 is 2.81 bits per heavy atom. The summed E-state index contributed by atoms with van der Waals surface area (Å²) in [4.78, 5) is 22.3. The van der Waals surface area contributed by atoms with E-state index in [1.54, 1.807) is 29.9 Å². The van der Waals surface area contributed by atoms with E-state index < -0.39 is 0 Å². The van der Waals surface area contributed by atoms with Crippen LogP contribution in [-0.2, 0) is 11.3 Å². The van der Waals surface area contributed by atoms with Crippen molar-refractivity contribution in [2.75, 3.05) is 5.32 Å². The average Bonchev–Trinajstić information content (AvgIpc) is 3.27. The lowest BCUT2D eigenvalue weighted by Gasteiger charge is -2.11. The Hall–Kier alpha value is -2.41. The summed E-state index contributed by atoms with van der Waals surface area (Å²) in [7, 11) is 0. The monoisotopic (exact) mass is 402 g/mol. The molecule has 0 aliphatic rings. The van der Waals surface area contributed by atoms with Crippen molar-refractivity contribution in [1.82, 2.24) is 14.5 Å². The molecule has 0 bridgehead atoms. The van der Waals surface area contributed by atoms with Crippen LogP contribution in [0, 0.1) is 0 Å². The second kappa shape index (κ2) is 7.07. The summed E-state index contributed by atoms with van der Waals surface area (Å²) in [5.41, 5.74) is 3.92. The predicted octanol–water partition coefficient (Wildman–Crippen LogP) is 5.11. The van der Waals surface area contributed by atoms with Crippen molar-refractivity contribution in [2.45, 2.75) is 6.54 Å². The minimum atomic E-state index is -0.219. The van der Waals surface area contributed by atoms with Crippen molar-refractivity contribution in [3.05, 3.63) is 64.2 Å². The van der Waals surface area contributed by atoms with Gasteiger partial charge in [-0.25, -0.2) is 4.98 Å². The van der Waals surface area contributed by atoms with Crippen LogP contribution in [0.15, 0.2) is 54.2 Å². The lowest BCUT2D eigenvalue weighted by molar-refractivity contribution is -0.116. The number of hydrogen-bond donors (Lipinski definition) is 1. The number of carbonyl (C=O) groups is 1. The first kappa shape index (κ1) is 17.0. The van der Waals surface area contributed by atoms with Crippen LogP contribution in [0.3, 0.4) is 0 Å². The summed E-state index contributed by atoms with van der Waals surface area (Å²) in [5.74, 6) is 0.490. The summed E-state index contributed by atoms with van der Waals surface area (Å²) in [5, 5.41) is 3.52. The lowest BCUT2D eigenvalue weighted by atomic mass is 10.3. The first-order valence-electron chi connectivity index (χ1n) is 7.71. The molecule has 0 unspecified atom stereocenters. The van der Waals surface area contributed by atoms with Gasteiger partial charge in [-0.1, -0.05) is 41.4 Å². The van der Waals surface area contributed by atoms with Crippen molar-refractivity contribution >= 4 is 57.2 Å². The van der Waals surface area contributed by atoms with Gasteiger partial charge >= 0.3 is 0 Å². The maximum Gasteiger partial charge on any atom is 0.244 e. The number of rotatable bonds is 4. The fourth-order valence-electron chi connectivity index (χ4n) is 2.68. The topological polar surface area (TPSA) is 59.8 Å². The van der Waals surface area contributed by atoms with Gasteiger partial charge in [-0.3, -0.25) is 9.78 Å². The van der Waals surface area contributed by atoms with Gasteiger partial charge in [0.15, 0.2) is 5.82 Å². The zero-order valence-corrected chi connectivity index (χ0v) is 15.6. The molecule has 0 fully saturated rings. The Labute approximate surface area is 163 Å². The number of para-hydroxylation sites is 2. The van der Waals surface area contributed by atoms with Gasteiger partial charge in [0.05, 0.1) is 37.2 Å². The fraction of sp³-hybridized carbons (Fsp3) is 0.0556. The molecule has 2 heterocycles. The van der Waals surface area contributed by atoms with E-state index in [2.05, 4.69) is 15.3 Å². The highest BCUT2D eigenvalue weighted by molar-refractivity contribution is 7.13. The van der Waals surface area contributed by atoms with Crippen molar-refractivity contribution < 1.29 is 4.79 Å². The van der Waals surface area contributed by atoms with E-state index in [0.717, 1.165) is 15.9 Å². The van der Waals surface area contributed by atoms with Crippen LogP contribution < -0.4 is 5.32 Å². The molecule has 26 heavy (non-hydrogen) atoms. The third kappa shape index (κ3) is 3.19. The van der Waals surface area contributed by atoms with E-state index >= 15 is 0 Å². The molecule has 0 saturated carbocycles. The molecule has 8 heteroatoms. The Kier molecular flexibility index (Phi) is 4.63. The number of amides is 1. The van der Waals surface area contributed by atoms with Gasteiger partial charge in [-0.2, -0.15) is 0 Å². The molecule has 0 atom stereocenters. The van der Waals surface area contributed by atoms with Crippen molar-refractivity contribution in [2.24, 2.45) is 0 Å². The summed E-state index contributed by atoms with van der Waals surface area (Å²) in [6.07, 6.45) is 1.74. The van der Waals surface area contributed by atoms with Crippen LogP contribution in [0.2, 0.25) is 10.0 Å². The number of anilines is 1. The smallest absolute Gasteiger partial charge is 0.244 e. The molecule has 0 radical (unpaired) electrons. The Balaban J connectivity index is 1.69. The molecule has 4 aromatic rings. The molecule has 0 saturated heterocycles. The van der Waals surface area contributed by atoms with Crippen molar-refractivity contribution in [3.8, 4) is 10.7 Å². The number of benzene rings is 2. The second-order valence-corrected chi connectivity index (χ2v) is 7.20. The number of nitrogens with zero attached hydrogens (tertiary/aromatic N) is 3. The number of hydrogen-bond acceptors (Lipinski definition) is 4. The molecule has 2 aromatic heterocycles. The molecule has 0 spiro atoms. The highest BCUT2D eigenvalue weighted by atomic mass is 35.5. The SMILES string of the molecule is O=C(Cn1c(-c2cncs2)nc2ccccc21)Nc1cccc(Cl)c1Cl. The molecule has 4 rings (SSSR count). The number of thiazole rings is 1. The number of carbonyl (C=O) groups excluding carboxylic acids is 1. The fourth-order valence-corrected chi connectivity index (χ4v) is 3.65. The maximum atomic E-state index is 12.6. The molecule has 1 amide bonds. The zero-order valence-electron chi connectivity index (χ0n) is 13.3. The first-order valence-corrected chi connectivity index (χ1v) is 9.35. The molecular weight excluding hydrogens is 391 g/mol. The van der Waals surface area contributed by atoms with Gasteiger partial charge in [0.25, 0.3) is 0 Å². The van der Waals surface area contributed by atoms with Crippen LogP contribution >= 0.6 is 34.5 Å². The number of fused-ring (bicyclic) bond motifs is 1. The largest absolute Gasteiger partial charge is 0.323 e. The van der Waals surface area contributed by atoms with Crippen LogP contribution in [0.4, 0.5) is 5.69 Å². The minimum Gasteiger partial charge on any atom is -0.323 e. The maximum absolute atomic E-state index is 12.6. The number of halogens is 2. The van der Waals surface area contributed by atoms with Crippen molar-refractivity contribution in [1.29, 1.82) is 0 Å². The average molecular weight is 403 g/mol. The lowest BCUT2D eigenvalue weighted by Crippen LogP contribution is -2.19. The highest BCUT2D eigenvalue weighted by Gasteiger charge is 2.17. The summed E-state index contributed by atoms with van der Waals surface area (Å²) >= 11 is 13.6. The predicted molar refractivity (Wildman–Crippen MR) is 106 cm³/mol. The summed E-state index contributed by atoms with van der Waals surface area (Å²) < 4.78 is 1.87. The number of aromatic nitrogens is 3. The molecule has 2 aromatic carbocycles. The van der Waals surface area contributed by atoms with E-state index in [9.17, 15) is 4.79 Å². The quantitative estimate of drug-likeness (QED) is 0.516.